The lowest BCUT2D eigenvalue weighted by molar-refractivity contribution is 0.599. The number of hydrogen-bond acceptors (Lipinski definition) is 4. The molecule has 8 heteroatoms. The van der Waals surface area contributed by atoms with Gasteiger partial charge in [-0.2, -0.15) is 0 Å². The second-order valence-corrected chi connectivity index (χ2v) is 7.70. The molecule has 21 heavy (non-hydrogen) atoms. The second-order valence-electron chi connectivity index (χ2n) is 4.17. The van der Waals surface area contributed by atoms with Crippen LogP contribution in [0.15, 0.2) is 51.8 Å². The van der Waals surface area contributed by atoms with Crippen molar-refractivity contribution in [2.75, 3.05) is 4.72 Å². The second kappa shape index (κ2) is 5.36. The minimum Gasteiger partial charge on any atom is -0.255 e. The largest absolute Gasteiger partial charge is 0.264 e. The standard InChI is InChI=1S/C13H8BrFN2O2S2/c14-9-7-8(15)5-6-12(9)21(18,19)17-13-16-10-3-1-2-4-11(10)20-13/h1-7H,(H,16,17). The summed E-state index contributed by atoms with van der Waals surface area (Å²) in [6, 6.07) is 10.8. The van der Waals surface area contributed by atoms with Crippen molar-refractivity contribution < 1.29 is 12.8 Å². The molecule has 1 aromatic heterocycles. The molecule has 0 aliphatic heterocycles. The Morgan fingerprint density at radius 1 is 1.19 bits per heavy atom. The average molecular weight is 387 g/mol. The predicted molar refractivity (Wildman–Crippen MR) is 84.5 cm³/mol. The lowest BCUT2D eigenvalue weighted by atomic mass is 10.3. The van der Waals surface area contributed by atoms with Gasteiger partial charge >= 0.3 is 0 Å². The number of para-hydroxylation sites is 1. The molecule has 2 aromatic carbocycles. The van der Waals surface area contributed by atoms with Crippen LogP contribution in [-0.4, -0.2) is 13.4 Å². The Balaban J connectivity index is 1.99. The van der Waals surface area contributed by atoms with Crippen molar-refractivity contribution in [3.63, 3.8) is 0 Å². The first kappa shape index (κ1) is 14.4. The van der Waals surface area contributed by atoms with Gasteiger partial charge in [0.1, 0.15) is 10.7 Å². The van der Waals surface area contributed by atoms with Gasteiger partial charge in [0.25, 0.3) is 10.0 Å². The van der Waals surface area contributed by atoms with Gasteiger partial charge in [-0.05, 0) is 46.3 Å². The Kier molecular flexibility index (Phi) is 3.68. The third kappa shape index (κ3) is 2.92. The summed E-state index contributed by atoms with van der Waals surface area (Å²) in [6.07, 6.45) is 0. The number of hydrogen-bond donors (Lipinski definition) is 1. The van der Waals surface area contributed by atoms with E-state index in [2.05, 4.69) is 25.6 Å². The van der Waals surface area contributed by atoms with Gasteiger partial charge in [0.15, 0.2) is 5.13 Å². The first-order chi connectivity index (χ1) is 9.95. The average Bonchev–Trinajstić information content (AvgIpc) is 2.79. The molecular formula is C13H8BrFN2O2S2. The van der Waals surface area contributed by atoms with Crippen LogP contribution >= 0.6 is 27.3 Å². The molecule has 0 aliphatic rings. The Hall–Kier alpha value is -1.51. The molecule has 0 saturated carbocycles. The molecule has 0 bridgehead atoms. The summed E-state index contributed by atoms with van der Waals surface area (Å²) in [4.78, 5) is 4.17. The van der Waals surface area contributed by atoms with Crippen LogP contribution in [0.5, 0.6) is 0 Å². The lowest BCUT2D eigenvalue weighted by Gasteiger charge is -2.06. The number of nitrogens with zero attached hydrogens (tertiary/aromatic N) is 1. The zero-order chi connectivity index (χ0) is 15.0. The van der Waals surface area contributed by atoms with Gasteiger partial charge in [-0.15, -0.1) is 0 Å². The van der Waals surface area contributed by atoms with Crippen molar-refractivity contribution in [2.45, 2.75) is 4.90 Å². The first-order valence-corrected chi connectivity index (χ1v) is 8.88. The van der Waals surface area contributed by atoms with Crippen molar-refractivity contribution in [3.8, 4) is 0 Å². The van der Waals surface area contributed by atoms with E-state index in [1.54, 1.807) is 6.07 Å². The van der Waals surface area contributed by atoms with Crippen LogP contribution in [0.25, 0.3) is 10.2 Å². The number of thiazole rings is 1. The Morgan fingerprint density at radius 2 is 1.95 bits per heavy atom. The highest BCUT2D eigenvalue weighted by Crippen LogP contribution is 2.29. The SMILES string of the molecule is O=S(=O)(Nc1nc2ccccc2s1)c1ccc(F)cc1Br. The van der Waals surface area contributed by atoms with Crippen LogP contribution in [0, 0.1) is 5.82 Å². The topological polar surface area (TPSA) is 59.1 Å². The molecule has 4 nitrogen and oxygen atoms in total. The van der Waals surface area contributed by atoms with Gasteiger partial charge < -0.3 is 0 Å². The van der Waals surface area contributed by atoms with Crippen LogP contribution < -0.4 is 4.72 Å². The molecule has 0 radical (unpaired) electrons. The molecule has 3 rings (SSSR count). The zero-order valence-corrected chi connectivity index (χ0v) is 13.6. The summed E-state index contributed by atoms with van der Waals surface area (Å²) >= 11 is 4.29. The minimum atomic E-state index is -3.82. The quantitative estimate of drug-likeness (QED) is 0.739. The van der Waals surface area contributed by atoms with Crippen molar-refractivity contribution in [2.24, 2.45) is 0 Å². The number of sulfonamides is 1. The van der Waals surface area contributed by atoms with Crippen LogP contribution in [0.1, 0.15) is 0 Å². The first-order valence-electron chi connectivity index (χ1n) is 5.79. The van der Waals surface area contributed by atoms with Crippen molar-refractivity contribution in [1.29, 1.82) is 0 Å². The van der Waals surface area contributed by atoms with Crippen LogP contribution in [0.2, 0.25) is 0 Å². The molecule has 1 heterocycles. The van der Waals surface area contributed by atoms with Crippen LogP contribution in [0.4, 0.5) is 9.52 Å². The molecule has 108 valence electrons. The Morgan fingerprint density at radius 3 is 2.67 bits per heavy atom. The fourth-order valence-corrected chi connectivity index (χ4v) is 4.93. The molecular weight excluding hydrogens is 379 g/mol. The van der Waals surface area contributed by atoms with Gasteiger partial charge in [-0.1, -0.05) is 23.5 Å². The zero-order valence-electron chi connectivity index (χ0n) is 10.4. The van der Waals surface area contributed by atoms with E-state index >= 15 is 0 Å². The van der Waals surface area contributed by atoms with E-state index in [0.717, 1.165) is 22.3 Å². The molecule has 0 atom stereocenters. The van der Waals surface area contributed by atoms with Crippen molar-refractivity contribution in [3.05, 3.63) is 52.8 Å². The number of halogens is 2. The molecule has 0 saturated heterocycles. The molecule has 0 fully saturated rings. The molecule has 0 spiro atoms. The summed E-state index contributed by atoms with van der Waals surface area (Å²) in [7, 11) is -3.82. The van der Waals surface area contributed by atoms with E-state index in [1.807, 2.05) is 18.2 Å². The van der Waals surface area contributed by atoms with Gasteiger partial charge in [0, 0.05) is 4.47 Å². The van der Waals surface area contributed by atoms with Gasteiger partial charge in [-0.25, -0.2) is 17.8 Å². The summed E-state index contributed by atoms with van der Waals surface area (Å²) in [5.41, 5.74) is 0.721. The Bertz CT molecular complexity index is 892. The minimum absolute atomic E-state index is 0.0387. The molecule has 0 aliphatic carbocycles. The van der Waals surface area contributed by atoms with Crippen LogP contribution in [0.3, 0.4) is 0 Å². The van der Waals surface area contributed by atoms with E-state index in [-0.39, 0.29) is 14.5 Å². The summed E-state index contributed by atoms with van der Waals surface area (Å²) < 4.78 is 41.1. The van der Waals surface area contributed by atoms with Crippen LogP contribution in [-0.2, 0) is 10.0 Å². The number of fused-ring (bicyclic) bond motifs is 1. The summed E-state index contributed by atoms with van der Waals surface area (Å²) in [5, 5.41) is 0.271. The maximum Gasteiger partial charge on any atom is 0.264 e. The fraction of sp³-hybridized carbons (Fsp3) is 0. The lowest BCUT2D eigenvalue weighted by Crippen LogP contribution is -2.13. The highest BCUT2D eigenvalue weighted by atomic mass is 79.9. The Labute approximate surface area is 132 Å². The van der Waals surface area contributed by atoms with Gasteiger partial charge in [-0.3, -0.25) is 4.72 Å². The van der Waals surface area contributed by atoms with E-state index < -0.39 is 15.8 Å². The number of aromatic nitrogens is 1. The van der Waals surface area contributed by atoms with Crippen molar-refractivity contribution >= 4 is 52.6 Å². The number of anilines is 1. The smallest absolute Gasteiger partial charge is 0.255 e. The van der Waals surface area contributed by atoms with E-state index in [0.29, 0.717) is 0 Å². The monoisotopic (exact) mass is 386 g/mol. The molecule has 1 N–H and O–H groups in total. The maximum atomic E-state index is 13.0. The summed E-state index contributed by atoms with van der Waals surface area (Å²) in [6.45, 7) is 0. The molecule has 0 unspecified atom stereocenters. The van der Waals surface area contributed by atoms with Gasteiger partial charge in [0.05, 0.1) is 10.2 Å². The fourth-order valence-electron chi connectivity index (χ4n) is 1.78. The molecule has 3 aromatic rings. The van der Waals surface area contributed by atoms with E-state index in [4.69, 9.17) is 0 Å². The highest BCUT2D eigenvalue weighted by Gasteiger charge is 2.19. The predicted octanol–water partition coefficient (Wildman–Crippen LogP) is 4.00. The highest BCUT2D eigenvalue weighted by molar-refractivity contribution is 9.10. The maximum absolute atomic E-state index is 13.0. The van der Waals surface area contributed by atoms with E-state index in [9.17, 15) is 12.8 Å². The number of benzene rings is 2. The molecule has 0 amide bonds. The van der Waals surface area contributed by atoms with E-state index in [1.165, 1.54) is 17.4 Å². The van der Waals surface area contributed by atoms with Crippen molar-refractivity contribution in [1.82, 2.24) is 4.98 Å². The number of nitrogens with one attached hydrogen (secondary N) is 1. The normalized spacial score (nSPS) is 11.7. The third-order valence-corrected chi connectivity index (χ3v) is 6.10. The van der Waals surface area contributed by atoms with Gasteiger partial charge in [0.2, 0.25) is 0 Å². The number of rotatable bonds is 3. The summed E-state index contributed by atoms with van der Waals surface area (Å²) in [5.74, 6) is -0.513. The third-order valence-electron chi connectivity index (χ3n) is 2.70.